The highest BCUT2D eigenvalue weighted by atomic mass is 35.5. The summed E-state index contributed by atoms with van der Waals surface area (Å²) in [7, 11) is 0. The lowest BCUT2D eigenvalue weighted by Crippen LogP contribution is -2.33. The molecule has 55 heavy (non-hydrogen) atoms. The second-order valence-corrected chi connectivity index (χ2v) is 14.0. The molecule has 1 aliphatic rings. The number of rotatable bonds is 9. The Morgan fingerprint density at radius 3 is 1.71 bits per heavy atom. The molecule has 0 aliphatic carbocycles. The van der Waals surface area contributed by atoms with Gasteiger partial charge in [-0.05, 0) is 94.2 Å². The van der Waals surface area contributed by atoms with Crippen molar-refractivity contribution in [2.24, 2.45) is 5.92 Å². The van der Waals surface area contributed by atoms with E-state index in [1.54, 1.807) is 65.3 Å². The molecule has 0 radical (unpaired) electrons. The smallest absolute Gasteiger partial charge is 0.214 e. The normalized spacial score (nSPS) is 13.5. The van der Waals surface area contributed by atoms with Gasteiger partial charge in [0.2, 0.25) is 11.6 Å². The third kappa shape index (κ3) is 8.77. The Morgan fingerprint density at radius 2 is 1.24 bits per heavy atom. The first-order chi connectivity index (χ1) is 26.6. The predicted octanol–water partition coefficient (Wildman–Crippen LogP) is 7.87. The van der Waals surface area contributed by atoms with Crippen molar-refractivity contribution in [3.8, 4) is 23.5 Å². The molecule has 13 heteroatoms. The van der Waals surface area contributed by atoms with Crippen molar-refractivity contribution < 1.29 is 9.59 Å². The topological polar surface area (TPSA) is 167 Å². The van der Waals surface area contributed by atoms with Gasteiger partial charge in [0.15, 0.2) is 11.4 Å². The van der Waals surface area contributed by atoms with Crippen molar-refractivity contribution in [1.29, 1.82) is 10.5 Å². The van der Waals surface area contributed by atoms with Crippen LogP contribution >= 0.6 is 23.2 Å². The summed E-state index contributed by atoms with van der Waals surface area (Å²) in [6, 6.07) is 32.5. The SMILES string of the molecule is Cc1ccc(C(=O)c2nn(-c3ccc(Cl)cc3)c(N)c2C#N)cc1.Cc1ccc(C(=O)c2nn(-c3ccc(Cl)cc3)c(NCC3CCCNC3)c2C#N)cc1. The fraction of sp³-hybridized carbons (Fsp3) is 0.190. The Kier molecular flexibility index (Phi) is 12.1. The Bertz CT molecular complexity index is 2400. The molecule has 1 unspecified atom stereocenters. The van der Waals surface area contributed by atoms with Crippen LogP contribution in [0.25, 0.3) is 11.4 Å². The summed E-state index contributed by atoms with van der Waals surface area (Å²) in [6.07, 6.45) is 2.25. The number of nitrogens with zero attached hydrogens (tertiary/aromatic N) is 6. The van der Waals surface area contributed by atoms with Gasteiger partial charge < -0.3 is 16.4 Å². The molecular weight excluding hydrogens is 733 g/mol. The Hall–Kier alpha value is -6.24. The largest absolute Gasteiger partial charge is 0.382 e. The van der Waals surface area contributed by atoms with Crippen LogP contribution in [-0.4, -0.2) is 50.8 Å². The minimum atomic E-state index is -0.342. The highest BCUT2D eigenvalue weighted by molar-refractivity contribution is 6.30. The molecular formula is C42H37Cl2N9O2. The lowest BCUT2D eigenvalue weighted by Gasteiger charge is -2.23. The van der Waals surface area contributed by atoms with Crippen LogP contribution in [0.15, 0.2) is 97.1 Å². The Labute approximate surface area is 328 Å². The molecule has 0 saturated carbocycles. The lowest BCUT2D eigenvalue weighted by molar-refractivity contribution is 0.102. The average Bonchev–Trinajstić information content (AvgIpc) is 3.75. The van der Waals surface area contributed by atoms with E-state index in [1.165, 1.54) is 4.68 Å². The minimum Gasteiger partial charge on any atom is -0.382 e. The van der Waals surface area contributed by atoms with Crippen molar-refractivity contribution in [2.75, 3.05) is 30.7 Å². The second kappa shape index (κ2) is 17.3. The van der Waals surface area contributed by atoms with Gasteiger partial charge in [-0.2, -0.15) is 20.7 Å². The van der Waals surface area contributed by atoms with Gasteiger partial charge in [0.05, 0.1) is 11.4 Å². The number of anilines is 2. The van der Waals surface area contributed by atoms with Crippen LogP contribution < -0.4 is 16.4 Å². The van der Waals surface area contributed by atoms with E-state index in [9.17, 15) is 20.1 Å². The number of ketones is 2. The third-order valence-corrected chi connectivity index (χ3v) is 9.69. The number of nitrogens with one attached hydrogen (secondary N) is 2. The molecule has 3 heterocycles. The van der Waals surface area contributed by atoms with Gasteiger partial charge in [0.1, 0.15) is 34.9 Å². The maximum Gasteiger partial charge on any atom is 0.214 e. The monoisotopic (exact) mass is 769 g/mol. The van der Waals surface area contributed by atoms with E-state index in [1.807, 2.05) is 56.3 Å². The molecule has 1 aliphatic heterocycles. The zero-order valence-corrected chi connectivity index (χ0v) is 31.7. The van der Waals surface area contributed by atoms with Crippen molar-refractivity contribution in [3.63, 3.8) is 0 Å². The van der Waals surface area contributed by atoms with Gasteiger partial charge in [-0.25, -0.2) is 9.36 Å². The van der Waals surface area contributed by atoms with E-state index < -0.39 is 0 Å². The molecule has 4 N–H and O–H groups in total. The van der Waals surface area contributed by atoms with Crippen LogP contribution in [0.2, 0.25) is 10.0 Å². The van der Waals surface area contributed by atoms with Crippen molar-refractivity contribution in [3.05, 3.63) is 152 Å². The molecule has 1 atom stereocenters. The number of hydrogen-bond donors (Lipinski definition) is 3. The summed E-state index contributed by atoms with van der Waals surface area (Å²) >= 11 is 11.9. The number of hydrogen-bond acceptors (Lipinski definition) is 9. The van der Waals surface area contributed by atoms with E-state index in [-0.39, 0.29) is 39.9 Å². The second-order valence-electron chi connectivity index (χ2n) is 13.2. The van der Waals surface area contributed by atoms with Crippen LogP contribution in [0, 0.1) is 42.4 Å². The number of nitrogens with two attached hydrogens (primary N) is 1. The molecule has 1 saturated heterocycles. The number of aryl methyl sites for hydroxylation is 2. The number of aromatic nitrogens is 4. The van der Waals surface area contributed by atoms with E-state index >= 15 is 0 Å². The summed E-state index contributed by atoms with van der Waals surface area (Å²) in [6.45, 7) is 6.56. The highest BCUT2D eigenvalue weighted by Gasteiger charge is 2.26. The Morgan fingerprint density at radius 1 is 0.764 bits per heavy atom. The van der Waals surface area contributed by atoms with Gasteiger partial charge >= 0.3 is 0 Å². The Balaban J connectivity index is 0.000000193. The van der Waals surface area contributed by atoms with Gasteiger partial charge in [0, 0.05) is 27.7 Å². The molecule has 0 spiro atoms. The number of benzene rings is 4. The molecule has 276 valence electrons. The molecule has 2 aromatic heterocycles. The van der Waals surface area contributed by atoms with Gasteiger partial charge in [0.25, 0.3) is 0 Å². The van der Waals surface area contributed by atoms with E-state index in [0.717, 1.165) is 42.7 Å². The van der Waals surface area contributed by atoms with Crippen LogP contribution in [0.5, 0.6) is 0 Å². The molecule has 0 bridgehead atoms. The maximum atomic E-state index is 13.2. The number of carbonyl (C=O) groups excluding carboxylic acids is 2. The van der Waals surface area contributed by atoms with Gasteiger partial charge in [-0.15, -0.1) is 0 Å². The molecule has 7 rings (SSSR count). The number of carbonyl (C=O) groups is 2. The number of nitrogen functional groups attached to an aromatic ring is 1. The van der Waals surface area contributed by atoms with Crippen molar-refractivity contribution in [1.82, 2.24) is 24.9 Å². The minimum absolute atomic E-state index is 0.0359. The van der Waals surface area contributed by atoms with E-state index in [4.69, 9.17) is 28.9 Å². The molecule has 1 fully saturated rings. The molecule has 11 nitrogen and oxygen atoms in total. The summed E-state index contributed by atoms with van der Waals surface area (Å²) in [4.78, 5) is 25.9. The van der Waals surface area contributed by atoms with Crippen molar-refractivity contribution >= 4 is 46.4 Å². The van der Waals surface area contributed by atoms with Crippen LogP contribution in [-0.2, 0) is 0 Å². The van der Waals surface area contributed by atoms with Gasteiger partial charge in [-0.3, -0.25) is 9.59 Å². The number of nitriles is 2. The van der Waals surface area contributed by atoms with Crippen molar-refractivity contribution in [2.45, 2.75) is 26.7 Å². The van der Waals surface area contributed by atoms with Crippen LogP contribution in [0.1, 0.15) is 67.2 Å². The number of piperidine rings is 1. The third-order valence-electron chi connectivity index (χ3n) is 9.19. The molecule has 6 aromatic rings. The first kappa shape index (κ1) is 38.5. The summed E-state index contributed by atoms with van der Waals surface area (Å²) < 4.78 is 3.00. The van der Waals surface area contributed by atoms with Crippen LogP contribution in [0.4, 0.5) is 11.6 Å². The fourth-order valence-electron chi connectivity index (χ4n) is 6.12. The summed E-state index contributed by atoms with van der Waals surface area (Å²) in [5.74, 6) is 0.490. The fourth-order valence-corrected chi connectivity index (χ4v) is 6.37. The molecule has 4 aromatic carbocycles. The predicted molar refractivity (Wildman–Crippen MR) is 214 cm³/mol. The first-order valence-electron chi connectivity index (χ1n) is 17.6. The maximum absolute atomic E-state index is 13.2. The lowest BCUT2D eigenvalue weighted by atomic mass is 9.99. The quantitative estimate of drug-likeness (QED) is 0.124. The average molecular weight is 771 g/mol. The standard InChI is InChI=1S/C24H24ClN5O.C18H13ClN4O/c1-16-4-6-18(7-5-16)23(31)22-21(13-26)24(28-15-17-3-2-12-27-14-17)30(29-22)20-10-8-19(25)9-11-20;1-11-2-4-12(5-3-11)17(24)16-15(10-20)18(21)23(22-16)14-8-6-13(19)7-9-14/h4-11,17,27-28H,2-3,12,14-15H2,1H3;2-9H,21H2,1H3. The zero-order valence-electron chi connectivity index (χ0n) is 30.2. The molecule has 0 amide bonds. The van der Waals surface area contributed by atoms with E-state index in [0.29, 0.717) is 45.1 Å². The van der Waals surface area contributed by atoms with Crippen LogP contribution in [0.3, 0.4) is 0 Å². The van der Waals surface area contributed by atoms with Gasteiger partial charge in [-0.1, -0.05) is 82.9 Å². The number of halogens is 2. The summed E-state index contributed by atoms with van der Waals surface area (Å²) in [5.41, 5.74) is 10.9. The highest BCUT2D eigenvalue weighted by Crippen LogP contribution is 2.28. The zero-order chi connectivity index (χ0) is 39.1. The first-order valence-corrected chi connectivity index (χ1v) is 18.3. The van der Waals surface area contributed by atoms with E-state index in [2.05, 4.69) is 26.9 Å². The summed E-state index contributed by atoms with van der Waals surface area (Å²) in [5, 5.41) is 36.1.